The van der Waals surface area contributed by atoms with Crippen LogP contribution in [0.4, 0.5) is 4.39 Å². The van der Waals surface area contributed by atoms with Gasteiger partial charge < -0.3 is 10.2 Å². The van der Waals surface area contributed by atoms with Crippen molar-refractivity contribution in [2.45, 2.75) is 20.4 Å². The number of aryl methyl sites for hydroxylation is 2. The molecule has 0 aromatic heterocycles. The largest absolute Gasteiger partial charge is 0.343 e. The Labute approximate surface area is 141 Å². The van der Waals surface area contributed by atoms with Crippen LogP contribution in [-0.4, -0.2) is 30.3 Å². The first kappa shape index (κ1) is 17.7. The minimum Gasteiger partial charge on any atom is -0.343 e. The molecule has 0 saturated carbocycles. The number of carbonyl (C=O) groups excluding carboxylic acids is 2. The molecule has 0 unspecified atom stereocenters. The number of nitrogens with one attached hydrogen (secondary N) is 1. The summed E-state index contributed by atoms with van der Waals surface area (Å²) in [4.78, 5) is 25.6. The van der Waals surface area contributed by atoms with Gasteiger partial charge in [0.15, 0.2) is 0 Å². The normalized spacial score (nSPS) is 10.3. The van der Waals surface area contributed by atoms with Gasteiger partial charge in [0.05, 0.1) is 12.1 Å². The highest BCUT2D eigenvalue weighted by atomic mass is 19.1. The molecule has 1 N–H and O–H groups in total. The van der Waals surface area contributed by atoms with Crippen LogP contribution in [0.25, 0.3) is 0 Å². The lowest BCUT2D eigenvalue weighted by Crippen LogP contribution is -2.38. The number of hydrogen-bond donors (Lipinski definition) is 1. The maximum Gasteiger partial charge on any atom is 0.254 e. The van der Waals surface area contributed by atoms with Gasteiger partial charge in [-0.2, -0.15) is 0 Å². The summed E-state index contributed by atoms with van der Waals surface area (Å²) in [7, 11) is 1.68. The molecule has 24 heavy (non-hydrogen) atoms. The minimum atomic E-state index is -0.605. The number of nitrogens with zero attached hydrogens (tertiary/aromatic N) is 1. The summed E-state index contributed by atoms with van der Waals surface area (Å²) in [6.07, 6.45) is 0. The molecule has 2 aromatic carbocycles. The van der Waals surface area contributed by atoms with Crippen molar-refractivity contribution in [1.29, 1.82) is 0 Å². The lowest BCUT2D eigenvalue weighted by molar-refractivity contribution is -0.129. The molecular weight excluding hydrogens is 307 g/mol. The fourth-order valence-corrected chi connectivity index (χ4v) is 2.40. The smallest absolute Gasteiger partial charge is 0.254 e. The Morgan fingerprint density at radius 2 is 1.83 bits per heavy atom. The highest BCUT2D eigenvalue weighted by Crippen LogP contribution is 2.12. The molecule has 0 aliphatic heterocycles. The standard InChI is InChI=1S/C19H21FN2O2/c1-13-8-9-15(14(2)10-13)12-22(3)18(23)11-21-19(24)16-6-4-5-7-17(16)20/h4-10H,11-12H2,1-3H3,(H,21,24). The molecule has 0 heterocycles. The zero-order chi connectivity index (χ0) is 17.7. The number of benzene rings is 2. The highest BCUT2D eigenvalue weighted by Gasteiger charge is 2.15. The van der Waals surface area contributed by atoms with Crippen LogP contribution in [0, 0.1) is 19.7 Å². The fourth-order valence-electron chi connectivity index (χ4n) is 2.40. The van der Waals surface area contributed by atoms with Gasteiger partial charge in [-0.15, -0.1) is 0 Å². The van der Waals surface area contributed by atoms with E-state index in [0.717, 1.165) is 11.1 Å². The van der Waals surface area contributed by atoms with Crippen molar-refractivity contribution in [3.63, 3.8) is 0 Å². The maximum absolute atomic E-state index is 13.5. The molecule has 0 aliphatic rings. The van der Waals surface area contributed by atoms with Crippen molar-refractivity contribution in [2.75, 3.05) is 13.6 Å². The Morgan fingerprint density at radius 3 is 2.50 bits per heavy atom. The van der Waals surface area contributed by atoms with Crippen LogP contribution in [0.1, 0.15) is 27.0 Å². The molecule has 0 bridgehead atoms. The van der Waals surface area contributed by atoms with Crippen molar-refractivity contribution in [3.8, 4) is 0 Å². The zero-order valence-electron chi connectivity index (χ0n) is 14.1. The van der Waals surface area contributed by atoms with Gasteiger partial charge in [0.1, 0.15) is 5.82 Å². The van der Waals surface area contributed by atoms with Crippen molar-refractivity contribution >= 4 is 11.8 Å². The van der Waals surface area contributed by atoms with Crippen molar-refractivity contribution in [2.24, 2.45) is 0 Å². The van der Waals surface area contributed by atoms with Gasteiger partial charge in [0.2, 0.25) is 5.91 Å². The molecule has 2 rings (SSSR count). The van der Waals surface area contributed by atoms with Gasteiger partial charge in [0.25, 0.3) is 5.91 Å². The van der Waals surface area contributed by atoms with Crippen LogP contribution in [0.15, 0.2) is 42.5 Å². The number of amides is 2. The van der Waals surface area contributed by atoms with Gasteiger partial charge >= 0.3 is 0 Å². The third kappa shape index (κ3) is 4.41. The Kier molecular flexibility index (Phi) is 5.68. The average Bonchev–Trinajstić information content (AvgIpc) is 2.55. The van der Waals surface area contributed by atoms with Crippen LogP contribution in [0.2, 0.25) is 0 Å². The summed E-state index contributed by atoms with van der Waals surface area (Å²) in [5, 5.41) is 2.46. The molecule has 126 valence electrons. The molecule has 0 spiro atoms. The van der Waals surface area contributed by atoms with Crippen LogP contribution in [-0.2, 0) is 11.3 Å². The molecule has 0 aliphatic carbocycles. The van der Waals surface area contributed by atoms with E-state index in [0.29, 0.717) is 6.54 Å². The van der Waals surface area contributed by atoms with E-state index in [1.807, 2.05) is 26.0 Å². The van der Waals surface area contributed by atoms with Crippen LogP contribution in [0.3, 0.4) is 0 Å². The second kappa shape index (κ2) is 7.73. The van der Waals surface area contributed by atoms with E-state index >= 15 is 0 Å². The van der Waals surface area contributed by atoms with E-state index in [2.05, 4.69) is 11.4 Å². The summed E-state index contributed by atoms with van der Waals surface area (Å²) in [6.45, 7) is 4.31. The quantitative estimate of drug-likeness (QED) is 0.917. The summed E-state index contributed by atoms with van der Waals surface area (Å²) in [6, 6.07) is 11.7. The van der Waals surface area contributed by atoms with Crippen molar-refractivity contribution < 1.29 is 14.0 Å². The van der Waals surface area contributed by atoms with Crippen molar-refractivity contribution in [1.82, 2.24) is 10.2 Å². The van der Waals surface area contributed by atoms with E-state index in [1.54, 1.807) is 18.0 Å². The zero-order valence-corrected chi connectivity index (χ0v) is 14.1. The molecule has 2 amide bonds. The first-order chi connectivity index (χ1) is 11.4. The van der Waals surface area contributed by atoms with Gasteiger partial charge in [-0.25, -0.2) is 4.39 Å². The van der Waals surface area contributed by atoms with E-state index in [-0.39, 0.29) is 18.0 Å². The lowest BCUT2D eigenvalue weighted by Gasteiger charge is -2.19. The average molecular weight is 328 g/mol. The number of likely N-dealkylation sites (N-methyl/N-ethyl adjacent to an activating group) is 1. The fraction of sp³-hybridized carbons (Fsp3) is 0.263. The van der Waals surface area contributed by atoms with E-state index < -0.39 is 11.7 Å². The topological polar surface area (TPSA) is 49.4 Å². The van der Waals surface area contributed by atoms with Crippen LogP contribution >= 0.6 is 0 Å². The minimum absolute atomic E-state index is 0.0673. The van der Waals surface area contributed by atoms with E-state index in [9.17, 15) is 14.0 Å². The SMILES string of the molecule is Cc1ccc(CN(C)C(=O)CNC(=O)c2ccccc2F)c(C)c1. The highest BCUT2D eigenvalue weighted by molar-refractivity contribution is 5.96. The maximum atomic E-state index is 13.5. The first-order valence-corrected chi connectivity index (χ1v) is 7.71. The number of carbonyl (C=O) groups is 2. The van der Waals surface area contributed by atoms with Crippen molar-refractivity contribution in [3.05, 3.63) is 70.5 Å². The lowest BCUT2D eigenvalue weighted by atomic mass is 10.1. The molecule has 5 heteroatoms. The third-order valence-corrected chi connectivity index (χ3v) is 3.85. The van der Waals surface area contributed by atoms with Crippen LogP contribution < -0.4 is 5.32 Å². The summed E-state index contributed by atoms with van der Waals surface area (Å²) in [5.41, 5.74) is 3.27. The first-order valence-electron chi connectivity index (χ1n) is 7.71. The second-order valence-electron chi connectivity index (χ2n) is 5.84. The monoisotopic (exact) mass is 328 g/mol. The van der Waals surface area contributed by atoms with E-state index in [4.69, 9.17) is 0 Å². The number of rotatable bonds is 5. The van der Waals surface area contributed by atoms with Crippen LogP contribution in [0.5, 0.6) is 0 Å². The molecule has 4 nitrogen and oxygen atoms in total. The van der Waals surface area contributed by atoms with Gasteiger partial charge in [0, 0.05) is 13.6 Å². The van der Waals surface area contributed by atoms with E-state index in [1.165, 1.54) is 23.8 Å². The summed E-state index contributed by atoms with van der Waals surface area (Å²) >= 11 is 0. The second-order valence-corrected chi connectivity index (χ2v) is 5.84. The third-order valence-electron chi connectivity index (χ3n) is 3.85. The molecular formula is C19H21FN2O2. The Morgan fingerprint density at radius 1 is 1.12 bits per heavy atom. The van der Waals surface area contributed by atoms with Gasteiger partial charge in [-0.1, -0.05) is 35.9 Å². The number of hydrogen-bond acceptors (Lipinski definition) is 2. The summed E-state index contributed by atoms with van der Waals surface area (Å²) in [5.74, 6) is -1.44. The Bertz CT molecular complexity index is 759. The molecule has 0 fully saturated rings. The Hall–Kier alpha value is -2.69. The van der Waals surface area contributed by atoms with Gasteiger partial charge in [-0.3, -0.25) is 9.59 Å². The predicted molar refractivity (Wildman–Crippen MR) is 91.1 cm³/mol. The summed E-state index contributed by atoms with van der Waals surface area (Å²) < 4.78 is 13.5. The Balaban J connectivity index is 1.92. The molecule has 0 radical (unpaired) electrons. The molecule has 2 aromatic rings. The number of halogens is 1. The molecule has 0 saturated heterocycles. The van der Waals surface area contributed by atoms with Gasteiger partial charge in [-0.05, 0) is 37.1 Å². The molecule has 0 atom stereocenters. The predicted octanol–water partition coefficient (Wildman–Crippen LogP) is 2.83.